The van der Waals surface area contributed by atoms with Crippen molar-refractivity contribution < 1.29 is 9.53 Å². The number of thiocarbonyl (C=S) groups is 1. The molecule has 0 radical (unpaired) electrons. The Bertz CT molecular complexity index is 1350. The Labute approximate surface area is 220 Å². The summed E-state index contributed by atoms with van der Waals surface area (Å²) < 4.78 is 7.23. The average Bonchev–Trinajstić information content (AvgIpc) is 3.16. The molecule has 9 heteroatoms. The van der Waals surface area contributed by atoms with E-state index in [0.717, 1.165) is 37.2 Å². The highest BCUT2D eigenvalue weighted by Gasteiger charge is 2.32. The number of rotatable bonds is 10. The Balaban J connectivity index is 1.67. The lowest BCUT2D eigenvalue weighted by molar-refractivity contribution is -0.122. The van der Waals surface area contributed by atoms with Crippen molar-refractivity contribution in [2.45, 2.75) is 33.1 Å². The van der Waals surface area contributed by atoms with Gasteiger partial charge in [0.05, 0.1) is 17.6 Å². The molecule has 4 rings (SSSR count). The third kappa shape index (κ3) is 5.47. The van der Waals surface area contributed by atoms with Gasteiger partial charge < -0.3 is 9.64 Å². The van der Waals surface area contributed by atoms with Gasteiger partial charge in [-0.05, 0) is 55.2 Å². The molecule has 1 aromatic carbocycles. The van der Waals surface area contributed by atoms with E-state index in [1.54, 1.807) is 30.3 Å². The van der Waals surface area contributed by atoms with E-state index in [2.05, 4.69) is 18.7 Å². The van der Waals surface area contributed by atoms with Crippen LogP contribution in [0.3, 0.4) is 0 Å². The zero-order valence-corrected chi connectivity index (χ0v) is 22.4. The molecule has 7 nitrogen and oxygen atoms in total. The molecule has 0 atom stereocenters. The van der Waals surface area contributed by atoms with Crippen LogP contribution in [0.5, 0.6) is 5.75 Å². The second-order valence-electron chi connectivity index (χ2n) is 8.50. The molecule has 0 unspecified atom stereocenters. The summed E-state index contributed by atoms with van der Waals surface area (Å²) in [6, 6.07) is 13.3. The number of aromatic nitrogens is 2. The molecule has 36 heavy (non-hydrogen) atoms. The number of methoxy groups -OCH3 is 1. The van der Waals surface area contributed by atoms with Crippen molar-refractivity contribution in [3.05, 3.63) is 75.0 Å². The Kier molecular flexibility index (Phi) is 8.43. The predicted octanol–water partition coefficient (Wildman–Crippen LogP) is 4.77. The first-order chi connectivity index (χ1) is 17.5. The van der Waals surface area contributed by atoms with Gasteiger partial charge in [-0.25, -0.2) is 4.98 Å². The van der Waals surface area contributed by atoms with E-state index in [1.807, 2.05) is 36.4 Å². The van der Waals surface area contributed by atoms with Crippen LogP contribution in [-0.2, 0) is 11.2 Å². The first-order valence-corrected chi connectivity index (χ1v) is 13.3. The summed E-state index contributed by atoms with van der Waals surface area (Å²) in [5.41, 5.74) is 1.88. The van der Waals surface area contributed by atoms with Crippen LogP contribution in [0.25, 0.3) is 11.7 Å². The van der Waals surface area contributed by atoms with Crippen molar-refractivity contribution in [3.63, 3.8) is 0 Å². The monoisotopic (exact) mass is 522 g/mol. The van der Waals surface area contributed by atoms with Crippen LogP contribution in [0.15, 0.2) is 58.4 Å². The number of hydrogen-bond acceptors (Lipinski definition) is 7. The van der Waals surface area contributed by atoms with Gasteiger partial charge in [-0.15, -0.1) is 0 Å². The fourth-order valence-corrected chi connectivity index (χ4v) is 5.47. The maximum Gasteiger partial charge on any atom is 0.267 e. The van der Waals surface area contributed by atoms with Gasteiger partial charge in [0.2, 0.25) is 0 Å². The molecule has 1 aliphatic rings. The van der Waals surface area contributed by atoms with E-state index in [-0.39, 0.29) is 11.5 Å². The van der Waals surface area contributed by atoms with Crippen molar-refractivity contribution in [2.75, 3.05) is 31.6 Å². The second kappa shape index (κ2) is 11.7. The standard InChI is InChI=1S/C27H30N4O3S2/c1-4-14-29(15-5-2)24-21(25(32)30-16-7-6-8-23(30)28-24)18-22-26(33)31(27(35)36-22)17-13-19-9-11-20(34-3)12-10-19/h6-12,16,18H,4-5,13-15,17H2,1-3H3/b22-18-. The molecule has 2 aromatic heterocycles. The summed E-state index contributed by atoms with van der Waals surface area (Å²) >= 11 is 6.77. The Morgan fingerprint density at radius 1 is 1.08 bits per heavy atom. The van der Waals surface area contributed by atoms with E-state index in [4.69, 9.17) is 21.9 Å². The minimum atomic E-state index is -0.198. The SMILES string of the molecule is CCCN(CCC)c1nc2ccccn2c(=O)c1/C=C1\SC(=S)N(CCc2ccc(OC)cc2)C1=O. The summed E-state index contributed by atoms with van der Waals surface area (Å²) in [6.07, 6.45) is 5.88. The molecule has 0 aliphatic carbocycles. The number of carbonyl (C=O) groups is 1. The number of ether oxygens (including phenoxy) is 1. The van der Waals surface area contributed by atoms with Gasteiger partial charge in [0.25, 0.3) is 11.5 Å². The van der Waals surface area contributed by atoms with Crippen LogP contribution < -0.4 is 15.2 Å². The first kappa shape index (κ1) is 25.9. The lowest BCUT2D eigenvalue weighted by Gasteiger charge is -2.24. The van der Waals surface area contributed by atoms with Gasteiger partial charge in [-0.1, -0.05) is 56.0 Å². The minimum absolute atomic E-state index is 0.181. The summed E-state index contributed by atoms with van der Waals surface area (Å²) in [5.74, 6) is 1.22. The van der Waals surface area contributed by atoms with E-state index in [1.165, 1.54) is 16.2 Å². The normalized spacial score (nSPS) is 14.8. The second-order valence-corrected chi connectivity index (χ2v) is 10.2. The molecule has 1 fully saturated rings. The molecule has 0 N–H and O–H groups in total. The van der Waals surface area contributed by atoms with Gasteiger partial charge in [-0.2, -0.15) is 0 Å². The van der Waals surface area contributed by atoms with E-state index >= 15 is 0 Å². The fraction of sp³-hybridized carbons (Fsp3) is 0.333. The summed E-state index contributed by atoms with van der Waals surface area (Å²) in [4.78, 5) is 35.9. The van der Waals surface area contributed by atoms with E-state index < -0.39 is 0 Å². The zero-order chi connectivity index (χ0) is 25.7. The molecule has 0 saturated carbocycles. The lowest BCUT2D eigenvalue weighted by atomic mass is 10.1. The topological polar surface area (TPSA) is 67.2 Å². The van der Waals surface area contributed by atoms with Gasteiger partial charge >= 0.3 is 0 Å². The number of nitrogens with zero attached hydrogens (tertiary/aromatic N) is 4. The molecule has 188 valence electrons. The van der Waals surface area contributed by atoms with Gasteiger partial charge in [0, 0.05) is 25.8 Å². The Hall–Kier alpha value is -3.17. The number of fused-ring (bicyclic) bond motifs is 1. The summed E-state index contributed by atoms with van der Waals surface area (Å²) in [5, 5.41) is 0. The van der Waals surface area contributed by atoms with Crippen molar-refractivity contribution >= 4 is 51.7 Å². The molecule has 3 aromatic rings. The number of pyridine rings is 1. The van der Waals surface area contributed by atoms with Crippen LogP contribution in [0.1, 0.15) is 37.8 Å². The third-order valence-electron chi connectivity index (χ3n) is 5.97. The van der Waals surface area contributed by atoms with Gasteiger partial charge in [0.15, 0.2) is 0 Å². The van der Waals surface area contributed by atoms with Crippen molar-refractivity contribution in [1.82, 2.24) is 14.3 Å². The maximum atomic E-state index is 13.6. The summed E-state index contributed by atoms with van der Waals surface area (Å²) in [6.45, 7) is 6.21. The number of benzene rings is 1. The quantitative estimate of drug-likeness (QED) is 0.281. The number of thioether (sulfide) groups is 1. The summed E-state index contributed by atoms with van der Waals surface area (Å²) in [7, 11) is 1.63. The molecule has 3 heterocycles. The Morgan fingerprint density at radius 2 is 1.81 bits per heavy atom. The maximum absolute atomic E-state index is 13.6. The average molecular weight is 523 g/mol. The Morgan fingerprint density at radius 3 is 2.47 bits per heavy atom. The molecular formula is C27H30N4O3S2. The molecule has 1 saturated heterocycles. The zero-order valence-electron chi connectivity index (χ0n) is 20.8. The molecule has 0 bridgehead atoms. The van der Waals surface area contributed by atoms with Crippen molar-refractivity contribution in [2.24, 2.45) is 0 Å². The van der Waals surface area contributed by atoms with E-state index in [0.29, 0.717) is 39.2 Å². The lowest BCUT2D eigenvalue weighted by Crippen LogP contribution is -2.31. The largest absolute Gasteiger partial charge is 0.497 e. The van der Waals surface area contributed by atoms with Crippen molar-refractivity contribution in [3.8, 4) is 5.75 Å². The number of carbonyl (C=O) groups excluding carboxylic acids is 1. The predicted molar refractivity (Wildman–Crippen MR) is 151 cm³/mol. The smallest absolute Gasteiger partial charge is 0.267 e. The minimum Gasteiger partial charge on any atom is -0.497 e. The van der Waals surface area contributed by atoms with Crippen LogP contribution in [0, 0.1) is 0 Å². The third-order valence-corrected chi connectivity index (χ3v) is 7.35. The number of amides is 1. The van der Waals surface area contributed by atoms with Crippen molar-refractivity contribution in [1.29, 1.82) is 0 Å². The molecule has 0 spiro atoms. The molecule has 1 amide bonds. The van der Waals surface area contributed by atoms with Crippen LogP contribution >= 0.6 is 24.0 Å². The first-order valence-electron chi connectivity index (χ1n) is 12.1. The van der Waals surface area contributed by atoms with Crippen LogP contribution in [0.2, 0.25) is 0 Å². The fourth-order valence-electron chi connectivity index (χ4n) is 4.18. The molecular weight excluding hydrogens is 492 g/mol. The van der Waals surface area contributed by atoms with E-state index in [9.17, 15) is 9.59 Å². The van der Waals surface area contributed by atoms with Gasteiger partial charge in [0.1, 0.15) is 21.5 Å². The van der Waals surface area contributed by atoms with Crippen LogP contribution in [-0.4, -0.2) is 51.3 Å². The number of anilines is 1. The van der Waals surface area contributed by atoms with Crippen LogP contribution in [0.4, 0.5) is 5.82 Å². The highest BCUT2D eigenvalue weighted by atomic mass is 32.2. The highest BCUT2D eigenvalue weighted by molar-refractivity contribution is 8.26. The number of hydrogen-bond donors (Lipinski definition) is 0. The van der Waals surface area contributed by atoms with Gasteiger partial charge in [-0.3, -0.25) is 18.9 Å². The molecule has 1 aliphatic heterocycles. The highest BCUT2D eigenvalue weighted by Crippen LogP contribution is 2.33.